The molecule has 2 rings (SSSR count). The SMILES string of the molecule is Cc1cccc(N(C)Cc2c(F)ccc(Br)c2F)c1. The lowest BCUT2D eigenvalue weighted by Crippen LogP contribution is -2.18. The summed E-state index contributed by atoms with van der Waals surface area (Å²) in [6.45, 7) is 2.16. The molecule has 19 heavy (non-hydrogen) atoms. The van der Waals surface area contributed by atoms with E-state index in [4.69, 9.17) is 0 Å². The predicted molar refractivity (Wildman–Crippen MR) is 77.3 cm³/mol. The van der Waals surface area contributed by atoms with E-state index in [-0.39, 0.29) is 16.6 Å². The topological polar surface area (TPSA) is 3.24 Å². The first-order valence-electron chi connectivity index (χ1n) is 5.89. The minimum atomic E-state index is -0.542. The van der Waals surface area contributed by atoms with Gasteiger partial charge in [-0.05, 0) is 52.7 Å². The molecular weight excluding hydrogens is 312 g/mol. The third-order valence-corrected chi connectivity index (χ3v) is 3.59. The van der Waals surface area contributed by atoms with E-state index in [2.05, 4.69) is 15.9 Å². The number of halogens is 3. The van der Waals surface area contributed by atoms with Crippen LogP contribution < -0.4 is 4.90 Å². The molecule has 0 fully saturated rings. The molecule has 0 aromatic heterocycles. The molecule has 0 radical (unpaired) electrons. The number of hydrogen-bond acceptors (Lipinski definition) is 1. The normalized spacial score (nSPS) is 10.6. The molecule has 0 N–H and O–H groups in total. The van der Waals surface area contributed by atoms with Crippen molar-refractivity contribution in [3.8, 4) is 0 Å². The monoisotopic (exact) mass is 325 g/mol. The van der Waals surface area contributed by atoms with Crippen LogP contribution in [0.4, 0.5) is 14.5 Å². The zero-order chi connectivity index (χ0) is 14.0. The van der Waals surface area contributed by atoms with Gasteiger partial charge in [-0.3, -0.25) is 0 Å². The molecule has 0 aliphatic heterocycles. The van der Waals surface area contributed by atoms with E-state index in [9.17, 15) is 8.78 Å². The van der Waals surface area contributed by atoms with Gasteiger partial charge in [-0.1, -0.05) is 12.1 Å². The van der Waals surface area contributed by atoms with E-state index in [0.29, 0.717) is 0 Å². The zero-order valence-electron chi connectivity index (χ0n) is 10.8. The molecule has 0 aliphatic rings. The van der Waals surface area contributed by atoms with Gasteiger partial charge >= 0.3 is 0 Å². The van der Waals surface area contributed by atoms with Gasteiger partial charge < -0.3 is 4.90 Å². The number of anilines is 1. The van der Waals surface area contributed by atoms with Gasteiger partial charge in [0.25, 0.3) is 0 Å². The molecule has 2 aromatic rings. The molecule has 0 saturated carbocycles. The first-order chi connectivity index (χ1) is 8.99. The van der Waals surface area contributed by atoms with Crippen molar-refractivity contribution >= 4 is 21.6 Å². The van der Waals surface area contributed by atoms with Crippen LogP contribution in [0.15, 0.2) is 40.9 Å². The van der Waals surface area contributed by atoms with Crippen molar-refractivity contribution in [2.45, 2.75) is 13.5 Å². The third-order valence-electron chi connectivity index (χ3n) is 2.98. The Labute approximate surface area is 120 Å². The molecule has 1 nitrogen and oxygen atoms in total. The maximum atomic E-state index is 13.9. The average molecular weight is 326 g/mol. The van der Waals surface area contributed by atoms with Crippen molar-refractivity contribution in [3.05, 3.63) is 63.6 Å². The summed E-state index contributed by atoms with van der Waals surface area (Å²) in [6, 6.07) is 10.5. The van der Waals surface area contributed by atoms with Crippen LogP contribution >= 0.6 is 15.9 Å². The predicted octanol–water partition coefficient (Wildman–Crippen LogP) is 4.67. The van der Waals surface area contributed by atoms with E-state index in [0.717, 1.165) is 11.3 Å². The summed E-state index contributed by atoms with van der Waals surface area (Å²) in [6.07, 6.45) is 0. The largest absolute Gasteiger partial charge is 0.370 e. The molecular formula is C15H14BrF2N. The molecule has 0 aliphatic carbocycles. The fourth-order valence-corrected chi connectivity index (χ4v) is 2.28. The molecule has 4 heteroatoms. The zero-order valence-corrected chi connectivity index (χ0v) is 12.3. The number of rotatable bonds is 3. The Kier molecular flexibility index (Phi) is 4.20. The second-order valence-electron chi connectivity index (χ2n) is 4.52. The summed E-state index contributed by atoms with van der Waals surface area (Å²) in [7, 11) is 1.81. The van der Waals surface area contributed by atoms with E-state index in [1.807, 2.05) is 43.1 Å². The minimum absolute atomic E-state index is 0.0679. The van der Waals surface area contributed by atoms with Crippen molar-refractivity contribution in [1.29, 1.82) is 0 Å². The lowest BCUT2D eigenvalue weighted by atomic mass is 10.1. The van der Waals surface area contributed by atoms with Crippen LogP contribution in [0.5, 0.6) is 0 Å². The van der Waals surface area contributed by atoms with Crippen LogP contribution in [0.3, 0.4) is 0 Å². The average Bonchev–Trinajstić information content (AvgIpc) is 2.39. The fourth-order valence-electron chi connectivity index (χ4n) is 1.91. The van der Waals surface area contributed by atoms with Gasteiger partial charge in [0.2, 0.25) is 0 Å². The second kappa shape index (κ2) is 5.70. The van der Waals surface area contributed by atoms with Gasteiger partial charge in [0.15, 0.2) is 0 Å². The van der Waals surface area contributed by atoms with Crippen molar-refractivity contribution in [3.63, 3.8) is 0 Å². The molecule has 0 amide bonds. The minimum Gasteiger partial charge on any atom is -0.370 e. The van der Waals surface area contributed by atoms with Gasteiger partial charge in [0.1, 0.15) is 11.6 Å². The van der Waals surface area contributed by atoms with Crippen molar-refractivity contribution < 1.29 is 8.78 Å². The van der Waals surface area contributed by atoms with Crippen LogP contribution in [0, 0.1) is 18.6 Å². The maximum absolute atomic E-state index is 13.9. The molecule has 0 saturated heterocycles. The number of hydrogen-bond donors (Lipinski definition) is 0. The van der Waals surface area contributed by atoms with E-state index in [1.165, 1.54) is 12.1 Å². The van der Waals surface area contributed by atoms with Crippen LogP contribution in [-0.4, -0.2) is 7.05 Å². The van der Waals surface area contributed by atoms with E-state index >= 15 is 0 Å². The highest BCUT2D eigenvalue weighted by Gasteiger charge is 2.14. The van der Waals surface area contributed by atoms with E-state index in [1.54, 1.807) is 0 Å². The highest BCUT2D eigenvalue weighted by molar-refractivity contribution is 9.10. The quantitative estimate of drug-likeness (QED) is 0.741. The van der Waals surface area contributed by atoms with Crippen LogP contribution in [0.25, 0.3) is 0 Å². The standard InChI is InChI=1S/C15H14BrF2N/c1-10-4-3-5-11(8-10)19(2)9-12-14(17)7-6-13(16)15(12)18/h3-8H,9H2,1-2H3. The lowest BCUT2D eigenvalue weighted by Gasteiger charge is -2.20. The van der Waals surface area contributed by atoms with Gasteiger partial charge in [0.05, 0.1) is 4.47 Å². The van der Waals surface area contributed by atoms with Gasteiger partial charge in [-0.15, -0.1) is 0 Å². The molecule has 2 aromatic carbocycles. The Morgan fingerprint density at radius 1 is 1.16 bits per heavy atom. The number of benzene rings is 2. The Bertz CT molecular complexity index is 599. The molecule has 100 valence electrons. The van der Waals surface area contributed by atoms with Crippen molar-refractivity contribution in [2.24, 2.45) is 0 Å². The number of nitrogens with zero attached hydrogens (tertiary/aromatic N) is 1. The third kappa shape index (κ3) is 3.13. The van der Waals surface area contributed by atoms with Crippen molar-refractivity contribution in [2.75, 3.05) is 11.9 Å². The van der Waals surface area contributed by atoms with Crippen LogP contribution in [0.1, 0.15) is 11.1 Å². The highest BCUT2D eigenvalue weighted by Crippen LogP contribution is 2.24. The molecule has 0 bridgehead atoms. The summed E-state index contributed by atoms with van der Waals surface area (Å²) < 4.78 is 27.9. The first-order valence-corrected chi connectivity index (χ1v) is 6.68. The van der Waals surface area contributed by atoms with Gasteiger partial charge in [-0.25, -0.2) is 8.78 Å². The number of aryl methyl sites for hydroxylation is 1. The highest BCUT2D eigenvalue weighted by atomic mass is 79.9. The van der Waals surface area contributed by atoms with Crippen LogP contribution in [0.2, 0.25) is 0 Å². The second-order valence-corrected chi connectivity index (χ2v) is 5.37. The summed E-state index contributed by atoms with van der Waals surface area (Å²) in [5.41, 5.74) is 2.11. The first kappa shape index (κ1) is 14.0. The smallest absolute Gasteiger partial charge is 0.145 e. The maximum Gasteiger partial charge on any atom is 0.145 e. The Morgan fingerprint density at radius 3 is 2.58 bits per heavy atom. The van der Waals surface area contributed by atoms with Gasteiger partial charge in [-0.2, -0.15) is 0 Å². The fraction of sp³-hybridized carbons (Fsp3) is 0.200. The summed E-state index contributed by atoms with van der Waals surface area (Å²) in [5, 5.41) is 0. The summed E-state index contributed by atoms with van der Waals surface area (Å²) in [4.78, 5) is 1.82. The lowest BCUT2D eigenvalue weighted by molar-refractivity contribution is 0.549. The molecule has 0 spiro atoms. The molecule has 0 atom stereocenters. The summed E-state index contributed by atoms with van der Waals surface area (Å²) in [5.74, 6) is -1.07. The Hall–Kier alpha value is -1.42. The molecule has 0 heterocycles. The Balaban J connectivity index is 2.29. The van der Waals surface area contributed by atoms with Crippen LogP contribution in [-0.2, 0) is 6.54 Å². The Morgan fingerprint density at radius 2 is 1.89 bits per heavy atom. The van der Waals surface area contributed by atoms with E-state index < -0.39 is 11.6 Å². The van der Waals surface area contributed by atoms with Gasteiger partial charge in [0, 0.05) is 24.8 Å². The summed E-state index contributed by atoms with van der Waals surface area (Å²) >= 11 is 3.08. The molecule has 0 unspecified atom stereocenters. The van der Waals surface area contributed by atoms with Crippen molar-refractivity contribution in [1.82, 2.24) is 0 Å².